The van der Waals surface area contributed by atoms with Gasteiger partial charge >= 0.3 is 0 Å². The van der Waals surface area contributed by atoms with Gasteiger partial charge in [-0.1, -0.05) is 48.5 Å². The molecule has 0 saturated carbocycles. The highest BCUT2D eigenvalue weighted by atomic mass is 32.2. The Kier molecular flexibility index (Phi) is 3.44. The third-order valence-corrected chi connectivity index (χ3v) is 4.68. The summed E-state index contributed by atoms with van der Waals surface area (Å²) in [5, 5.41) is 0. The van der Waals surface area contributed by atoms with Crippen molar-refractivity contribution in [3.05, 3.63) is 71.2 Å². The Morgan fingerprint density at radius 1 is 1.19 bits per heavy atom. The Hall–Kier alpha value is -1.51. The first-order valence-corrected chi connectivity index (χ1v) is 8.14. The fourth-order valence-corrected chi connectivity index (χ4v) is 3.54. The maximum absolute atomic E-state index is 8.43. The molecule has 3 rings (SSSR count). The standard InChI is InChI=1S/C19H21NS/c1-20(2)13-7-11-17-16-9-4-3-8-15(16)14-21-19-12-6-5-10-18(17)19/h3-6,8-12H,7,13-14H2,1-2H3/b17-11+/i5D,6D,10D. The van der Waals surface area contributed by atoms with Gasteiger partial charge in [-0.25, -0.2) is 0 Å². The summed E-state index contributed by atoms with van der Waals surface area (Å²) >= 11 is 1.66. The summed E-state index contributed by atoms with van der Waals surface area (Å²) in [7, 11) is 4.10. The minimum absolute atomic E-state index is 0.00670. The van der Waals surface area contributed by atoms with E-state index in [4.69, 9.17) is 4.11 Å². The van der Waals surface area contributed by atoms with Gasteiger partial charge in [0.05, 0.1) is 4.11 Å². The van der Waals surface area contributed by atoms with Gasteiger partial charge in [-0.2, -0.15) is 0 Å². The van der Waals surface area contributed by atoms with E-state index in [0.29, 0.717) is 0 Å². The first-order valence-electron chi connectivity index (χ1n) is 8.66. The molecule has 0 amide bonds. The highest BCUT2D eigenvalue weighted by molar-refractivity contribution is 7.98. The molecule has 0 bridgehead atoms. The molecule has 0 saturated heterocycles. The van der Waals surface area contributed by atoms with Crippen LogP contribution in [0.1, 0.15) is 27.2 Å². The molecule has 0 unspecified atom stereocenters. The molecule has 2 aromatic carbocycles. The van der Waals surface area contributed by atoms with Crippen molar-refractivity contribution in [1.82, 2.24) is 4.90 Å². The summed E-state index contributed by atoms with van der Waals surface area (Å²) in [4.78, 5) is 3.08. The van der Waals surface area contributed by atoms with Gasteiger partial charge in [-0.05, 0) is 48.8 Å². The van der Waals surface area contributed by atoms with Crippen LogP contribution in [0.2, 0.25) is 0 Å². The second kappa shape index (κ2) is 6.50. The molecule has 1 heterocycles. The van der Waals surface area contributed by atoms with Crippen LogP contribution in [0.4, 0.5) is 0 Å². The molecule has 0 radical (unpaired) electrons. The summed E-state index contributed by atoms with van der Waals surface area (Å²) in [5.74, 6) is 0.824. The van der Waals surface area contributed by atoms with Crippen molar-refractivity contribution >= 4 is 17.3 Å². The van der Waals surface area contributed by atoms with Crippen LogP contribution in [0, 0.1) is 0 Å². The van der Waals surface area contributed by atoms with Crippen LogP contribution in [-0.2, 0) is 5.75 Å². The van der Waals surface area contributed by atoms with E-state index >= 15 is 0 Å². The molecule has 0 aromatic heterocycles. The Morgan fingerprint density at radius 2 is 2.05 bits per heavy atom. The van der Waals surface area contributed by atoms with Gasteiger partial charge in [-0.3, -0.25) is 0 Å². The molecule has 1 aliphatic heterocycles. The summed E-state index contributed by atoms with van der Waals surface area (Å²) in [5.41, 5.74) is 4.23. The lowest BCUT2D eigenvalue weighted by Crippen LogP contribution is -2.12. The van der Waals surface area contributed by atoms with E-state index in [9.17, 15) is 0 Å². The fourth-order valence-electron chi connectivity index (χ4n) is 2.53. The largest absolute Gasteiger partial charge is 0.309 e. The van der Waals surface area contributed by atoms with Crippen molar-refractivity contribution in [3.63, 3.8) is 0 Å². The van der Waals surface area contributed by atoms with Gasteiger partial charge in [0, 0.05) is 17.2 Å². The molecule has 0 atom stereocenters. The smallest absolute Gasteiger partial charge is 0.0630 e. The molecule has 1 nitrogen and oxygen atoms in total. The lowest BCUT2D eigenvalue weighted by atomic mass is 9.93. The minimum atomic E-state index is 0.00670. The molecule has 1 aliphatic rings. The monoisotopic (exact) mass is 298 g/mol. The lowest BCUT2D eigenvalue weighted by Gasteiger charge is -2.12. The highest BCUT2D eigenvalue weighted by Crippen LogP contribution is 2.39. The van der Waals surface area contributed by atoms with Crippen molar-refractivity contribution in [3.8, 4) is 0 Å². The van der Waals surface area contributed by atoms with E-state index in [2.05, 4.69) is 23.1 Å². The van der Waals surface area contributed by atoms with Crippen molar-refractivity contribution < 1.29 is 4.11 Å². The average Bonchev–Trinajstić information content (AvgIpc) is 2.70. The molecule has 2 heteroatoms. The van der Waals surface area contributed by atoms with E-state index in [1.54, 1.807) is 17.8 Å². The van der Waals surface area contributed by atoms with Gasteiger partial charge in [0.2, 0.25) is 0 Å². The molecule has 108 valence electrons. The normalized spacial score (nSPS) is 17.7. The number of fused-ring (bicyclic) bond motifs is 2. The van der Waals surface area contributed by atoms with E-state index < -0.39 is 0 Å². The average molecular weight is 298 g/mol. The minimum Gasteiger partial charge on any atom is -0.309 e. The lowest BCUT2D eigenvalue weighted by molar-refractivity contribution is 0.417. The Labute approximate surface area is 135 Å². The zero-order chi connectivity index (χ0) is 17.3. The topological polar surface area (TPSA) is 3.24 Å². The predicted octanol–water partition coefficient (Wildman–Crippen LogP) is 4.68. The molecule has 0 fully saturated rings. The highest BCUT2D eigenvalue weighted by Gasteiger charge is 2.17. The van der Waals surface area contributed by atoms with Crippen LogP contribution in [-0.4, -0.2) is 25.5 Å². The van der Waals surface area contributed by atoms with E-state index in [0.717, 1.165) is 40.3 Å². The fraction of sp³-hybridized carbons (Fsp3) is 0.263. The Bertz CT molecular complexity index is 799. The van der Waals surface area contributed by atoms with E-state index in [1.165, 1.54) is 5.56 Å². The van der Waals surface area contributed by atoms with Crippen LogP contribution >= 0.6 is 11.8 Å². The maximum Gasteiger partial charge on any atom is 0.0630 e. The SMILES string of the molecule is [2H]c1cc2c(c([2H])c1[2H])/C(=C/CCN(C)C)c1ccccc1CS2. The Morgan fingerprint density at radius 3 is 2.90 bits per heavy atom. The molecule has 2 aromatic rings. The van der Waals surface area contributed by atoms with Crippen molar-refractivity contribution in [1.29, 1.82) is 0 Å². The van der Waals surface area contributed by atoms with Gasteiger partial charge in [-0.15, -0.1) is 11.8 Å². The number of thioether (sulfide) groups is 1. The number of benzene rings is 2. The summed E-state index contributed by atoms with van der Waals surface area (Å²) in [6.45, 7) is 0.936. The molecule has 0 spiro atoms. The van der Waals surface area contributed by atoms with Crippen LogP contribution in [0.15, 0.2) is 59.4 Å². The summed E-state index contributed by atoms with van der Waals surface area (Å²) < 4.78 is 24.4. The second-order valence-corrected chi connectivity index (χ2v) is 6.45. The van der Waals surface area contributed by atoms with Crippen LogP contribution in [0.5, 0.6) is 0 Å². The molecule has 0 N–H and O–H groups in total. The molecule has 0 aliphatic carbocycles. The first-order chi connectivity index (χ1) is 11.5. The molecular weight excluding hydrogens is 274 g/mol. The second-order valence-electron chi connectivity index (χ2n) is 5.43. The maximum atomic E-state index is 8.43. The quantitative estimate of drug-likeness (QED) is 0.809. The van der Waals surface area contributed by atoms with Crippen LogP contribution in [0.25, 0.3) is 5.57 Å². The van der Waals surface area contributed by atoms with Crippen molar-refractivity contribution in [2.45, 2.75) is 17.1 Å². The number of nitrogens with zero attached hydrogens (tertiary/aromatic N) is 1. The summed E-state index contributed by atoms with van der Waals surface area (Å²) in [6, 6.07) is 10.3. The van der Waals surface area contributed by atoms with Gasteiger partial charge in [0.15, 0.2) is 0 Å². The summed E-state index contributed by atoms with van der Waals surface area (Å²) in [6.07, 6.45) is 3.07. The third kappa shape index (κ3) is 3.22. The van der Waals surface area contributed by atoms with E-state index in [1.807, 2.05) is 26.2 Å². The van der Waals surface area contributed by atoms with Gasteiger partial charge in [0.1, 0.15) is 0 Å². The molecular formula is C19H21NS. The Balaban J connectivity index is 2.20. The predicted molar refractivity (Wildman–Crippen MR) is 92.7 cm³/mol. The third-order valence-electron chi connectivity index (χ3n) is 3.59. The zero-order valence-electron chi connectivity index (χ0n) is 15.4. The number of rotatable bonds is 3. The van der Waals surface area contributed by atoms with Crippen molar-refractivity contribution in [2.75, 3.05) is 20.6 Å². The number of hydrogen-bond donors (Lipinski definition) is 0. The van der Waals surface area contributed by atoms with Crippen LogP contribution in [0.3, 0.4) is 0 Å². The first kappa shape index (κ1) is 11.1. The van der Waals surface area contributed by atoms with Crippen LogP contribution < -0.4 is 0 Å². The molecule has 21 heavy (non-hydrogen) atoms. The van der Waals surface area contributed by atoms with Gasteiger partial charge in [0.25, 0.3) is 0 Å². The number of hydrogen-bond acceptors (Lipinski definition) is 2. The van der Waals surface area contributed by atoms with Crippen molar-refractivity contribution in [2.24, 2.45) is 0 Å². The van der Waals surface area contributed by atoms with Gasteiger partial charge < -0.3 is 4.90 Å². The zero-order valence-corrected chi connectivity index (χ0v) is 13.3. The van der Waals surface area contributed by atoms with E-state index in [-0.39, 0.29) is 18.1 Å².